The summed E-state index contributed by atoms with van der Waals surface area (Å²) in [5.41, 5.74) is 2.67. The van der Waals surface area contributed by atoms with Gasteiger partial charge in [0.15, 0.2) is 0 Å². The number of amides is 1. The largest absolute Gasteiger partial charge is 0.494 e. The highest BCUT2D eigenvalue weighted by atomic mass is 16.5. The van der Waals surface area contributed by atoms with E-state index < -0.39 is 0 Å². The third kappa shape index (κ3) is 4.07. The lowest BCUT2D eigenvalue weighted by Crippen LogP contribution is -2.17. The predicted molar refractivity (Wildman–Crippen MR) is 98.1 cm³/mol. The normalized spacial score (nSPS) is 13.8. The SMILES string of the molecule is CCCOc1ccc(C(=O)Nc2ccc(N3CCCC3)cc2)cc1. The van der Waals surface area contributed by atoms with Gasteiger partial charge in [0.25, 0.3) is 5.91 Å². The van der Waals surface area contributed by atoms with Crippen LogP contribution < -0.4 is 15.0 Å². The van der Waals surface area contributed by atoms with Crippen LogP contribution >= 0.6 is 0 Å². The van der Waals surface area contributed by atoms with Crippen molar-refractivity contribution in [3.8, 4) is 5.75 Å². The molecule has 4 heteroatoms. The molecule has 24 heavy (non-hydrogen) atoms. The highest BCUT2D eigenvalue weighted by Crippen LogP contribution is 2.22. The van der Waals surface area contributed by atoms with E-state index in [0.717, 1.165) is 30.9 Å². The van der Waals surface area contributed by atoms with E-state index in [0.29, 0.717) is 12.2 Å². The molecule has 1 aliphatic heterocycles. The molecule has 0 saturated carbocycles. The van der Waals surface area contributed by atoms with Gasteiger partial charge in [0.2, 0.25) is 0 Å². The number of rotatable bonds is 6. The van der Waals surface area contributed by atoms with Crippen LogP contribution in [0.2, 0.25) is 0 Å². The van der Waals surface area contributed by atoms with Crippen molar-refractivity contribution in [2.45, 2.75) is 26.2 Å². The Balaban J connectivity index is 1.59. The van der Waals surface area contributed by atoms with E-state index in [4.69, 9.17) is 4.74 Å². The number of benzene rings is 2. The molecule has 1 saturated heterocycles. The highest BCUT2D eigenvalue weighted by Gasteiger charge is 2.12. The molecule has 4 nitrogen and oxygen atoms in total. The van der Waals surface area contributed by atoms with Crippen molar-refractivity contribution in [1.82, 2.24) is 0 Å². The Labute approximate surface area is 143 Å². The molecular weight excluding hydrogens is 300 g/mol. The molecule has 2 aromatic rings. The minimum absolute atomic E-state index is 0.106. The summed E-state index contributed by atoms with van der Waals surface area (Å²) in [7, 11) is 0. The highest BCUT2D eigenvalue weighted by molar-refractivity contribution is 6.04. The fourth-order valence-electron chi connectivity index (χ4n) is 2.86. The van der Waals surface area contributed by atoms with E-state index in [-0.39, 0.29) is 5.91 Å². The first-order valence-electron chi connectivity index (χ1n) is 8.65. The van der Waals surface area contributed by atoms with E-state index in [1.807, 2.05) is 24.3 Å². The first kappa shape index (κ1) is 16.4. The first-order chi connectivity index (χ1) is 11.8. The number of hydrogen-bond acceptors (Lipinski definition) is 3. The number of nitrogens with zero attached hydrogens (tertiary/aromatic N) is 1. The number of hydrogen-bond donors (Lipinski definition) is 1. The molecule has 0 aliphatic carbocycles. The Hall–Kier alpha value is -2.49. The predicted octanol–water partition coefficient (Wildman–Crippen LogP) is 4.33. The van der Waals surface area contributed by atoms with Gasteiger partial charge in [0.05, 0.1) is 6.61 Å². The molecule has 1 N–H and O–H groups in total. The summed E-state index contributed by atoms with van der Waals surface area (Å²) in [6, 6.07) is 15.3. The summed E-state index contributed by atoms with van der Waals surface area (Å²) in [6.07, 6.45) is 3.49. The molecule has 1 aliphatic rings. The quantitative estimate of drug-likeness (QED) is 0.860. The van der Waals surface area contributed by atoms with Gasteiger partial charge in [0.1, 0.15) is 5.75 Å². The second-order valence-corrected chi connectivity index (χ2v) is 6.07. The number of nitrogens with one attached hydrogen (secondary N) is 1. The van der Waals surface area contributed by atoms with Crippen molar-refractivity contribution in [1.29, 1.82) is 0 Å². The van der Waals surface area contributed by atoms with Crippen molar-refractivity contribution in [2.24, 2.45) is 0 Å². The zero-order chi connectivity index (χ0) is 16.8. The van der Waals surface area contributed by atoms with Gasteiger partial charge in [-0.3, -0.25) is 4.79 Å². The Kier molecular flexibility index (Phi) is 5.36. The molecule has 0 unspecified atom stereocenters. The third-order valence-corrected chi connectivity index (χ3v) is 4.19. The van der Waals surface area contributed by atoms with Crippen LogP contribution in [-0.4, -0.2) is 25.6 Å². The molecule has 1 fully saturated rings. The molecule has 0 aromatic heterocycles. The Morgan fingerprint density at radius 1 is 1.04 bits per heavy atom. The topological polar surface area (TPSA) is 41.6 Å². The lowest BCUT2D eigenvalue weighted by Gasteiger charge is -2.17. The van der Waals surface area contributed by atoms with Crippen LogP contribution in [-0.2, 0) is 0 Å². The van der Waals surface area contributed by atoms with E-state index in [2.05, 4.69) is 29.3 Å². The fraction of sp³-hybridized carbons (Fsp3) is 0.350. The fourth-order valence-corrected chi connectivity index (χ4v) is 2.86. The van der Waals surface area contributed by atoms with Gasteiger partial charge in [-0.15, -0.1) is 0 Å². The van der Waals surface area contributed by atoms with Gasteiger partial charge in [0, 0.05) is 30.0 Å². The summed E-state index contributed by atoms with van der Waals surface area (Å²) >= 11 is 0. The van der Waals surface area contributed by atoms with E-state index in [9.17, 15) is 4.79 Å². The van der Waals surface area contributed by atoms with Crippen LogP contribution in [0.5, 0.6) is 5.75 Å². The van der Waals surface area contributed by atoms with Gasteiger partial charge in [-0.25, -0.2) is 0 Å². The Bertz CT molecular complexity index is 659. The maximum absolute atomic E-state index is 12.3. The number of carbonyl (C=O) groups is 1. The number of ether oxygens (including phenoxy) is 1. The number of carbonyl (C=O) groups excluding carboxylic acids is 1. The lowest BCUT2D eigenvalue weighted by molar-refractivity contribution is 0.102. The summed E-state index contributed by atoms with van der Waals surface area (Å²) in [5, 5.41) is 2.94. The maximum Gasteiger partial charge on any atom is 0.255 e. The van der Waals surface area contributed by atoms with Crippen LogP contribution in [0.15, 0.2) is 48.5 Å². The van der Waals surface area contributed by atoms with Crippen LogP contribution in [0.4, 0.5) is 11.4 Å². The minimum Gasteiger partial charge on any atom is -0.494 e. The van der Waals surface area contributed by atoms with Gasteiger partial charge in [-0.2, -0.15) is 0 Å². The maximum atomic E-state index is 12.3. The lowest BCUT2D eigenvalue weighted by atomic mass is 10.2. The standard InChI is InChI=1S/C20H24N2O2/c1-2-15-24-19-11-5-16(6-12-19)20(23)21-17-7-9-18(10-8-17)22-13-3-4-14-22/h5-12H,2-4,13-15H2,1H3,(H,21,23). The summed E-state index contributed by atoms with van der Waals surface area (Å²) in [6.45, 7) is 5.00. The second kappa shape index (κ2) is 7.86. The van der Waals surface area contributed by atoms with Crippen LogP contribution in [0.25, 0.3) is 0 Å². The Morgan fingerprint density at radius 3 is 2.33 bits per heavy atom. The van der Waals surface area contributed by atoms with E-state index in [1.165, 1.54) is 18.5 Å². The second-order valence-electron chi connectivity index (χ2n) is 6.07. The molecule has 0 spiro atoms. The monoisotopic (exact) mass is 324 g/mol. The van der Waals surface area contributed by atoms with Crippen LogP contribution in [0.1, 0.15) is 36.5 Å². The van der Waals surface area contributed by atoms with Gasteiger partial charge < -0.3 is 15.0 Å². The van der Waals surface area contributed by atoms with E-state index in [1.54, 1.807) is 12.1 Å². The smallest absolute Gasteiger partial charge is 0.255 e. The molecule has 3 rings (SSSR count). The van der Waals surface area contributed by atoms with Crippen molar-refractivity contribution in [3.05, 3.63) is 54.1 Å². The van der Waals surface area contributed by atoms with Crippen LogP contribution in [0, 0.1) is 0 Å². The van der Waals surface area contributed by atoms with Gasteiger partial charge in [-0.1, -0.05) is 6.92 Å². The molecular formula is C20H24N2O2. The van der Waals surface area contributed by atoms with Crippen molar-refractivity contribution in [3.63, 3.8) is 0 Å². The summed E-state index contributed by atoms with van der Waals surface area (Å²) < 4.78 is 5.53. The van der Waals surface area contributed by atoms with Crippen molar-refractivity contribution < 1.29 is 9.53 Å². The van der Waals surface area contributed by atoms with E-state index >= 15 is 0 Å². The molecule has 0 bridgehead atoms. The molecule has 1 heterocycles. The third-order valence-electron chi connectivity index (χ3n) is 4.19. The zero-order valence-electron chi connectivity index (χ0n) is 14.1. The van der Waals surface area contributed by atoms with Crippen molar-refractivity contribution >= 4 is 17.3 Å². The molecule has 0 radical (unpaired) electrons. The molecule has 2 aromatic carbocycles. The Morgan fingerprint density at radius 2 is 1.71 bits per heavy atom. The van der Waals surface area contributed by atoms with Crippen LogP contribution in [0.3, 0.4) is 0 Å². The first-order valence-corrected chi connectivity index (χ1v) is 8.65. The summed E-state index contributed by atoms with van der Waals surface area (Å²) in [5.74, 6) is 0.689. The van der Waals surface area contributed by atoms with Gasteiger partial charge >= 0.3 is 0 Å². The average molecular weight is 324 g/mol. The number of anilines is 2. The minimum atomic E-state index is -0.106. The average Bonchev–Trinajstić information content (AvgIpc) is 3.15. The van der Waals surface area contributed by atoms with Gasteiger partial charge in [-0.05, 0) is 67.8 Å². The van der Waals surface area contributed by atoms with Crippen molar-refractivity contribution in [2.75, 3.05) is 29.9 Å². The summed E-state index contributed by atoms with van der Waals surface area (Å²) in [4.78, 5) is 14.7. The zero-order valence-corrected chi connectivity index (χ0v) is 14.1. The molecule has 1 amide bonds. The molecule has 126 valence electrons. The molecule has 0 atom stereocenters.